The van der Waals surface area contributed by atoms with Crippen LogP contribution < -0.4 is 10.2 Å². The van der Waals surface area contributed by atoms with Crippen LogP contribution in [-0.2, 0) is 6.42 Å². The fourth-order valence-corrected chi connectivity index (χ4v) is 2.78. The lowest BCUT2D eigenvalue weighted by Crippen LogP contribution is -2.21. The summed E-state index contributed by atoms with van der Waals surface area (Å²) < 4.78 is 0. The molecule has 0 atom stereocenters. The summed E-state index contributed by atoms with van der Waals surface area (Å²) in [6.45, 7) is 5.07. The molecular weight excluding hydrogens is 310 g/mol. The molecule has 128 valence electrons. The fourth-order valence-electron chi connectivity index (χ4n) is 2.78. The maximum atomic E-state index is 4.39. The summed E-state index contributed by atoms with van der Waals surface area (Å²) in [4.78, 5) is 14.9. The van der Waals surface area contributed by atoms with Gasteiger partial charge in [-0.1, -0.05) is 6.07 Å². The van der Waals surface area contributed by atoms with E-state index in [0.29, 0.717) is 0 Å². The Kier molecular flexibility index (Phi) is 5.23. The van der Waals surface area contributed by atoms with Gasteiger partial charge in [-0.3, -0.25) is 4.98 Å². The first-order valence-electron chi connectivity index (χ1n) is 8.37. The number of rotatable bonds is 6. The van der Waals surface area contributed by atoms with E-state index in [1.165, 1.54) is 16.7 Å². The largest absolute Gasteiger partial charge is 0.359 e. The molecule has 0 bridgehead atoms. The van der Waals surface area contributed by atoms with E-state index in [0.717, 1.165) is 30.3 Å². The molecule has 5 heteroatoms. The van der Waals surface area contributed by atoms with Crippen LogP contribution in [0.5, 0.6) is 0 Å². The molecule has 5 nitrogen and oxygen atoms in total. The summed E-state index contributed by atoms with van der Waals surface area (Å²) in [6.07, 6.45) is 6.20. The standard InChI is InChI=1S/C20H23N5/c1-15-10-16(2)12-18(11-15)24-19-13-20(23-14-22-19)25(3)9-6-17-4-7-21-8-5-17/h4-5,7-8,10-14H,6,9H2,1-3H3,(H,22,23,24). The minimum atomic E-state index is 0.797. The first-order valence-corrected chi connectivity index (χ1v) is 8.37. The van der Waals surface area contributed by atoms with Gasteiger partial charge in [0.15, 0.2) is 0 Å². The van der Waals surface area contributed by atoms with E-state index < -0.39 is 0 Å². The van der Waals surface area contributed by atoms with Crippen molar-refractivity contribution in [1.82, 2.24) is 15.0 Å². The summed E-state index contributed by atoms with van der Waals surface area (Å²) in [5.41, 5.74) is 4.77. The highest BCUT2D eigenvalue weighted by molar-refractivity contribution is 5.60. The topological polar surface area (TPSA) is 53.9 Å². The van der Waals surface area contributed by atoms with Gasteiger partial charge in [0.1, 0.15) is 18.0 Å². The molecule has 0 aliphatic carbocycles. The maximum Gasteiger partial charge on any atom is 0.135 e. The predicted octanol–water partition coefficient (Wildman–Crippen LogP) is 3.91. The van der Waals surface area contributed by atoms with Crippen LogP contribution in [0.2, 0.25) is 0 Å². The number of benzene rings is 1. The molecule has 2 heterocycles. The van der Waals surface area contributed by atoms with Crippen LogP contribution in [0.15, 0.2) is 55.1 Å². The molecule has 0 radical (unpaired) electrons. The van der Waals surface area contributed by atoms with E-state index in [9.17, 15) is 0 Å². The molecule has 25 heavy (non-hydrogen) atoms. The third kappa shape index (κ3) is 4.76. The molecule has 0 aliphatic heterocycles. The number of aromatic nitrogens is 3. The third-order valence-electron chi connectivity index (χ3n) is 4.02. The zero-order chi connectivity index (χ0) is 17.6. The number of pyridine rings is 1. The Balaban J connectivity index is 1.68. The highest BCUT2D eigenvalue weighted by Crippen LogP contribution is 2.20. The molecular formula is C20H23N5. The van der Waals surface area contributed by atoms with Crippen molar-refractivity contribution in [2.24, 2.45) is 0 Å². The summed E-state index contributed by atoms with van der Waals surface area (Å²) in [5.74, 6) is 1.70. The number of nitrogens with zero attached hydrogens (tertiary/aromatic N) is 4. The zero-order valence-electron chi connectivity index (χ0n) is 14.9. The van der Waals surface area contributed by atoms with E-state index in [2.05, 4.69) is 57.2 Å². The molecule has 0 saturated carbocycles. The molecule has 0 unspecified atom stereocenters. The molecule has 0 fully saturated rings. The van der Waals surface area contributed by atoms with Gasteiger partial charge in [-0.05, 0) is 61.2 Å². The van der Waals surface area contributed by atoms with Gasteiger partial charge in [-0.2, -0.15) is 0 Å². The van der Waals surface area contributed by atoms with Gasteiger partial charge in [-0.25, -0.2) is 9.97 Å². The summed E-state index contributed by atoms with van der Waals surface area (Å²) in [7, 11) is 2.05. The quantitative estimate of drug-likeness (QED) is 0.741. The Labute approximate surface area is 148 Å². The predicted molar refractivity (Wildman–Crippen MR) is 102 cm³/mol. The van der Waals surface area contributed by atoms with Crippen LogP contribution >= 0.6 is 0 Å². The molecule has 0 spiro atoms. The van der Waals surface area contributed by atoms with Gasteiger partial charge < -0.3 is 10.2 Å². The summed E-state index contributed by atoms with van der Waals surface area (Å²) in [5, 5.41) is 3.37. The van der Waals surface area contributed by atoms with Gasteiger partial charge in [0.25, 0.3) is 0 Å². The molecule has 0 saturated heterocycles. The Morgan fingerprint density at radius 2 is 1.68 bits per heavy atom. The van der Waals surface area contributed by atoms with Crippen molar-refractivity contribution < 1.29 is 0 Å². The number of hydrogen-bond donors (Lipinski definition) is 1. The molecule has 3 aromatic rings. The number of nitrogens with one attached hydrogen (secondary N) is 1. The maximum absolute atomic E-state index is 4.39. The van der Waals surface area contributed by atoms with E-state index in [1.54, 1.807) is 6.33 Å². The van der Waals surface area contributed by atoms with E-state index in [1.807, 2.05) is 37.6 Å². The number of likely N-dealkylation sites (N-methyl/N-ethyl adjacent to an activating group) is 1. The van der Waals surface area contributed by atoms with E-state index >= 15 is 0 Å². The molecule has 0 amide bonds. The minimum Gasteiger partial charge on any atom is -0.359 e. The van der Waals surface area contributed by atoms with Crippen molar-refractivity contribution >= 4 is 17.3 Å². The highest BCUT2D eigenvalue weighted by Gasteiger charge is 2.06. The molecule has 1 N–H and O–H groups in total. The summed E-state index contributed by atoms with van der Waals surface area (Å²) in [6, 6.07) is 12.4. The average molecular weight is 333 g/mol. The Hall–Kier alpha value is -2.95. The SMILES string of the molecule is Cc1cc(C)cc(Nc2cc(N(C)CCc3ccncc3)ncn2)c1. The minimum absolute atomic E-state index is 0.797. The first kappa shape index (κ1) is 16.9. The van der Waals surface area contributed by atoms with Gasteiger partial charge >= 0.3 is 0 Å². The van der Waals surface area contributed by atoms with Crippen LogP contribution in [0.4, 0.5) is 17.3 Å². The third-order valence-corrected chi connectivity index (χ3v) is 4.02. The van der Waals surface area contributed by atoms with Crippen LogP contribution in [0.25, 0.3) is 0 Å². The van der Waals surface area contributed by atoms with Gasteiger partial charge in [0.05, 0.1) is 0 Å². The summed E-state index contributed by atoms with van der Waals surface area (Å²) >= 11 is 0. The lowest BCUT2D eigenvalue weighted by atomic mass is 10.1. The van der Waals surface area contributed by atoms with Crippen molar-refractivity contribution in [3.05, 3.63) is 71.8 Å². The van der Waals surface area contributed by atoms with Gasteiger partial charge in [-0.15, -0.1) is 0 Å². The van der Waals surface area contributed by atoms with Gasteiger partial charge in [0.2, 0.25) is 0 Å². The van der Waals surface area contributed by atoms with Crippen molar-refractivity contribution in [3.63, 3.8) is 0 Å². The zero-order valence-corrected chi connectivity index (χ0v) is 14.9. The lowest BCUT2D eigenvalue weighted by molar-refractivity contribution is 0.855. The molecule has 3 rings (SSSR count). The fraction of sp³-hybridized carbons (Fsp3) is 0.250. The Bertz CT molecular complexity index is 812. The van der Waals surface area contributed by atoms with Crippen molar-refractivity contribution in [3.8, 4) is 0 Å². The number of aryl methyl sites for hydroxylation is 2. The number of anilines is 3. The Morgan fingerprint density at radius 1 is 0.960 bits per heavy atom. The monoisotopic (exact) mass is 333 g/mol. The first-order chi connectivity index (χ1) is 12.1. The second kappa shape index (κ2) is 7.75. The van der Waals surface area contributed by atoms with Crippen LogP contribution in [0, 0.1) is 13.8 Å². The van der Waals surface area contributed by atoms with Crippen LogP contribution in [-0.4, -0.2) is 28.5 Å². The van der Waals surface area contributed by atoms with Crippen LogP contribution in [0.1, 0.15) is 16.7 Å². The van der Waals surface area contributed by atoms with E-state index in [4.69, 9.17) is 0 Å². The normalized spacial score (nSPS) is 10.5. The molecule has 0 aliphatic rings. The van der Waals surface area contributed by atoms with Gasteiger partial charge in [0, 0.05) is 37.7 Å². The Morgan fingerprint density at radius 3 is 2.40 bits per heavy atom. The van der Waals surface area contributed by atoms with E-state index in [-0.39, 0.29) is 0 Å². The smallest absolute Gasteiger partial charge is 0.135 e. The lowest BCUT2D eigenvalue weighted by Gasteiger charge is -2.18. The van der Waals surface area contributed by atoms with Crippen molar-refractivity contribution in [1.29, 1.82) is 0 Å². The molecule has 1 aromatic carbocycles. The van der Waals surface area contributed by atoms with Crippen molar-refractivity contribution in [2.45, 2.75) is 20.3 Å². The average Bonchev–Trinajstić information content (AvgIpc) is 2.60. The van der Waals surface area contributed by atoms with Crippen molar-refractivity contribution in [2.75, 3.05) is 23.8 Å². The highest BCUT2D eigenvalue weighted by atomic mass is 15.2. The number of hydrogen-bond acceptors (Lipinski definition) is 5. The van der Waals surface area contributed by atoms with Crippen LogP contribution in [0.3, 0.4) is 0 Å². The molecule has 2 aromatic heterocycles. The second-order valence-electron chi connectivity index (χ2n) is 6.29. The second-order valence-corrected chi connectivity index (χ2v) is 6.29.